The van der Waals surface area contributed by atoms with Crippen LogP contribution in [0.4, 0.5) is 25.9 Å². The van der Waals surface area contributed by atoms with Gasteiger partial charge in [-0.15, -0.1) is 0 Å². The number of ether oxygens (including phenoxy) is 8. The van der Waals surface area contributed by atoms with Crippen molar-refractivity contribution in [1.29, 1.82) is 0 Å². The van der Waals surface area contributed by atoms with E-state index in [9.17, 15) is 8.63 Å². The number of halogens is 6. The molecule has 0 aliphatic carbocycles. The van der Waals surface area contributed by atoms with Crippen molar-refractivity contribution in [3.63, 3.8) is 0 Å². The van der Waals surface area contributed by atoms with Crippen LogP contribution in [0.1, 0.15) is 412 Å². The molecular formula is C89H145B3F6N4O14. The standard InChI is InChI=1S/C89H145B3F6N4O14/c1-9-17-25-33-41-49-57-106-76-68-99-81(84(76)108-59-51-43-35-27-19-11-3)73(114-90(93)94)65-70(103)78-86(110-61-53-45-37-29-21-13-5)87(111-62-54-46-38-30-22-14-6)79(101-78)72(105)67-75(116-92(97)98)83-89(113-64-56-48-40-32-24-16-8)88(112-63-55-47-39-31-23-15-7)80(102-83)71(104)66-74(115-91(95)96)82-85(109-60-52-44-36-28-20-12-4)77(69-100-82)107-58-50-42-34-26-18-10-2/h65-69,99-102H,9-64H2,1-8H3/b73-65-,74-66?,75-67-. The van der Waals surface area contributed by atoms with E-state index >= 15 is 31.6 Å². The molecule has 18 nitrogen and oxygen atoms in total. The molecule has 27 heteroatoms. The molecule has 0 aliphatic rings. The lowest BCUT2D eigenvalue weighted by atomic mass is 10.1. The summed E-state index contributed by atoms with van der Waals surface area (Å²) in [6.45, 7) is 17.9. The van der Waals surface area contributed by atoms with Crippen LogP contribution >= 0.6 is 0 Å². The van der Waals surface area contributed by atoms with Crippen LogP contribution in [0.2, 0.25) is 0 Å². The Balaban J connectivity index is 2.11. The van der Waals surface area contributed by atoms with E-state index in [0.29, 0.717) is 71.0 Å². The van der Waals surface area contributed by atoms with Gasteiger partial charge in [0, 0.05) is 30.6 Å². The SMILES string of the molecule is CCCCCCCCOc1c[nH]c(C(=CC(=O)c2[nH]c(/C(=C/C(=O)c3[nH]c(C(=O)/C=C(\OB(F)F)c4[nH]cc(OCCCCCCCC)c4OCCCCCCCC)c(OCCCCCCCC)c3OCCCCCCCC)OB(F)F)c(OCCCCCCCC)c2OCCCCCCCC)OB(F)F)c1OCCCCCCCC. The number of carbonyl (C=O) groups is 3. The van der Waals surface area contributed by atoms with Gasteiger partial charge in [0.1, 0.15) is 51.4 Å². The molecule has 0 unspecified atom stereocenters. The summed E-state index contributed by atoms with van der Waals surface area (Å²) in [4.78, 5) is 58.4. The summed E-state index contributed by atoms with van der Waals surface area (Å²) >= 11 is 0. The molecule has 0 radical (unpaired) electrons. The van der Waals surface area contributed by atoms with E-state index in [2.05, 4.69) is 75.3 Å². The molecule has 0 aromatic carbocycles. The number of aromatic nitrogens is 4. The first kappa shape index (κ1) is 101. The normalized spacial score (nSPS) is 11.8. The second-order valence-corrected chi connectivity index (χ2v) is 30.5. The fourth-order valence-electron chi connectivity index (χ4n) is 13.7. The van der Waals surface area contributed by atoms with Gasteiger partial charge >= 0.3 is 22.4 Å². The van der Waals surface area contributed by atoms with Crippen molar-refractivity contribution in [2.24, 2.45) is 0 Å². The lowest BCUT2D eigenvalue weighted by Gasteiger charge is -2.14. The van der Waals surface area contributed by atoms with E-state index < -0.39 is 79.8 Å². The molecule has 0 saturated carbocycles. The fourth-order valence-corrected chi connectivity index (χ4v) is 13.7. The van der Waals surface area contributed by atoms with Crippen molar-refractivity contribution in [3.8, 4) is 46.0 Å². The van der Waals surface area contributed by atoms with Gasteiger partial charge in [0.15, 0.2) is 46.0 Å². The number of H-pyrrole nitrogens is 4. The van der Waals surface area contributed by atoms with Crippen LogP contribution in [0, 0.1) is 0 Å². The molecule has 116 heavy (non-hydrogen) atoms. The van der Waals surface area contributed by atoms with Crippen LogP contribution in [0.5, 0.6) is 46.0 Å². The second-order valence-electron chi connectivity index (χ2n) is 30.5. The third-order valence-electron chi connectivity index (χ3n) is 20.3. The minimum Gasteiger partial charge on any atom is -0.503 e. The molecule has 4 N–H and O–H groups in total. The topological polar surface area (TPSA) is 216 Å². The first-order chi connectivity index (χ1) is 56.6. The molecule has 4 aromatic heterocycles. The van der Waals surface area contributed by atoms with Crippen molar-refractivity contribution in [2.75, 3.05) is 52.9 Å². The van der Waals surface area contributed by atoms with E-state index in [4.69, 9.17) is 51.9 Å². The van der Waals surface area contributed by atoms with E-state index in [0.717, 1.165) is 269 Å². The maximum absolute atomic E-state index is 15.8. The van der Waals surface area contributed by atoms with E-state index in [1.54, 1.807) is 0 Å². The Hall–Kier alpha value is -7.08. The first-order valence-electron chi connectivity index (χ1n) is 45.2. The minimum atomic E-state index is -3.64. The number of allylic oxidation sites excluding steroid dienone is 3. The number of carbonyl (C=O) groups excluding carboxylic acids is 3. The Morgan fingerprint density at radius 2 is 0.431 bits per heavy atom. The van der Waals surface area contributed by atoms with Crippen LogP contribution in [0.25, 0.3) is 17.3 Å². The molecule has 656 valence electrons. The average Bonchev–Trinajstić information content (AvgIpc) is 1.63. The number of nitrogens with one attached hydrogen (secondary N) is 4. The summed E-state index contributed by atoms with van der Waals surface area (Å²) in [6, 6.07) is 0. The van der Waals surface area contributed by atoms with Gasteiger partial charge in [0.25, 0.3) is 0 Å². The van der Waals surface area contributed by atoms with Crippen molar-refractivity contribution in [3.05, 3.63) is 64.8 Å². The monoisotopic (exact) mass is 1640 g/mol. The van der Waals surface area contributed by atoms with Gasteiger partial charge in [-0.05, 0) is 51.4 Å². The number of hydrogen-bond donors (Lipinski definition) is 4. The smallest absolute Gasteiger partial charge is 0.503 e. The van der Waals surface area contributed by atoms with Gasteiger partial charge in [0.05, 0.1) is 52.9 Å². The maximum atomic E-state index is 15.8. The summed E-state index contributed by atoms with van der Waals surface area (Å²) in [6.07, 6.45) is 48.6. The van der Waals surface area contributed by atoms with Crippen LogP contribution < -0.4 is 37.9 Å². The third-order valence-corrected chi connectivity index (χ3v) is 20.3. The van der Waals surface area contributed by atoms with Gasteiger partial charge in [-0.25, -0.2) is 25.9 Å². The third kappa shape index (κ3) is 41.1. The number of ketones is 3. The van der Waals surface area contributed by atoms with Gasteiger partial charge in [-0.2, -0.15) is 0 Å². The van der Waals surface area contributed by atoms with Crippen LogP contribution in [0.3, 0.4) is 0 Å². The summed E-state index contributed by atoms with van der Waals surface area (Å²) in [5.74, 6) is -5.89. The van der Waals surface area contributed by atoms with E-state index in [-0.39, 0.29) is 97.0 Å². The minimum absolute atomic E-state index is 0.00151. The first-order valence-corrected chi connectivity index (χ1v) is 45.2. The highest BCUT2D eigenvalue weighted by Gasteiger charge is 2.36. The Morgan fingerprint density at radius 3 is 0.655 bits per heavy atom. The lowest BCUT2D eigenvalue weighted by Crippen LogP contribution is -2.10. The Bertz CT molecular complexity index is 3320. The Kier molecular flexibility index (Phi) is 56.6. The highest BCUT2D eigenvalue weighted by atomic mass is 19.3. The number of aromatic amines is 4. The van der Waals surface area contributed by atoms with Crippen LogP contribution in [-0.2, 0) is 14.0 Å². The second kappa shape index (κ2) is 64.9. The summed E-state index contributed by atoms with van der Waals surface area (Å²) in [5.41, 5.74) is -2.07. The Labute approximate surface area is 693 Å². The molecule has 4 aromatic rings. The molecule has 0 atom stereocenters. The highest BCUT2D eigenvalue weighted by Crippen LogP contribution is 2.45. The van der Waals surface area contributed by atoms with Gasteiger partial charge in [-0.3, -0.25) is 14.4 Å². The molecule has 0 spiro atoms. The largest absolute Gasteiger partial charge is 0.796 e. The fraction of sp³-hybridized carbons (Fsp3) is 0.719. The predicted molar refractivity (Wildman–Crippen MR) is 458 cm³/mol. The zero-order chi connectivity index (χ0) is 84.0. The maximum Gasteiger partial charge on any atom is 0.796 e. The molecule has 0 fully saturated rings. The summed E-state index contributed by atoms with van der Waals surface area (Å²) in [5, 5.41) is 0. The highest BCUT2D eigenvalue weighted by molar-refractivity contribution is 6.37. The molecule has 4 heterocycles. The predicted octanol–water partition coefficient (Wildman–Crippen LogP) is 27.4. The number of hydrogen-bond acceptors (Lipinski definition) is 14. The van der Waals surface area contributed by atoms with Crippen LogP contribution in [-0.4, -0.2) is 113 Å². The lowest BCUT2D eigenvalue weighted by molar-refractivity contribution is 0.102. The molecule has 0 aliphatic heterocycles. The molecular weight excluding hydrogens is 1500 g/mol. The quantitative estimate of drug-likeness (QED) is 0.00808. The van der Waals surface area contributed by atoms with Crippen molar-refractivity contribution in [1.82, 2.24) is 19.9 Å². The van der Waals surface area contributed by atoms with E-state index in [1.807, 2.05) is 0 Å². The molecule has 0 saturated heterocycles. The van der Waals surface area contributed by atoms with Crippen LogP contribution in [0.15, 0.2) is 30.6 Å². The van der Waals surface area contributed by atoms with Gasteiger partial charge in [0.2, 0.25) is 17.3 Å². The van der Waals surface area contributed by atoms with Crippen molar-refractivity contribution >= 4 is 57.0 Å². The zero-order valence-corrected chi connectivity index (χ0v) is 72.2. The van der Waals surface area contributed by atoms with Gasteiger partial charge < -0.3 is 71.8 Å². The van der Waals surface area contributed by atoms with Crippen molar-refractivity contribution in [2.45, 2.75) is 364 Å². The summed E-state index contributed by atoms with van der Waals surface area (Å²) in [7, 11) is -10.6. The zero-order valence-electron chi connectivity index (χ0n) is 72.2. The Morgan fingerprint density at radius 1 is 0.250 bits per heavy atom. The van der Waals surface area contributed by atoms with Gasteiger partial charge in [-0.1, -0.05) is 312 Å². The molecule has 0 amide bonds. The molecule has 4 rings (SSSR count). The average molecular weight is 1640 g/mol. The number of unbranched alkanes of at least 4 members (excludes halogenated alkanes) is 40. The van der Waals surface area contributed by atoms with Crippen molar-refractivity contribution < 1.29 is 92.1 Å². The van der Waals surface area contributed by atoms with E-state index in [1.165, 1.54) is 12.4 Å². The number of rotatable bonds is 79. The summed E-state index contributed by atoms with van der Waals surface area (Å²) < 4.78 is 158. The molecule has 0 bridgehead atoms.